The number of hydrogen-bond donors (Lipinski definition) is 2. The van der Waals surface area contributed by atoms with E-state index in [9.17, 15) is 18.3 Å². The predicted molar refractivity (Wildman–Crippen MR) is 116 cm³/mol. The van der Waals surface area contributed by atoms with E-state index in [2.05, 4.69) is 5.32 Å². The summed E-state index contributed by atoms with van der Waals surface area (Å²) in [6, 6.07) is 12.2. The number of ether oxygens (including phenoxy) is 1. The molecule has 1 aliphatic carbocycles. The van der Waals surface area contributed by atoms with E-state index < -0.39 is 16.1 Å². The molecule has 1 saturated carbocycles. The van der Waals surface area contributed by atoms with E-state index in [-0.39, 0.29) is 12.0 Å². The number of amides is 1. The summed E-state index contributed by atoms with van der Waals surface area (Å²) in [6.07, 6.45) is 4.84. The standard InChI is InChI=1S/C22H26N2O5S/c1-30(27,28)24-13-12-15-14-16(6-11-19(15)24)22(26)23-17-7-9-18(10-8-17)29-21-5-3-2-4-20(21)25/h6-11,14,20-21,25H,2-5,12-13H2,1H3,(H,23,26)/t20-,21-/m1/s1. The number of sulfonamides is 1. The topological polar surface area (TPSA) is 95.9 Å². The fourth-order valence-corrected chi connectivity index (χ4v) is 5.03. The van der Waals surface area contributed by atoms with Gasteiger partial charge in [-0.1, -0.05) is 6.42 Å². The number of rotatable bonds is 5. The number of aliphatic hydroxyl groups is 1. The van der Waals surface area contributed by atoms with Crippen molar-refractivity contribution in [1.29, 1.82) is 0 Å². The van der Waals surface area contributed by atoms with Crippen molar-refractivity contribution in [1.82, 2.24) is 0 Å². The summed E-state index contributed by atoms with van der Waals surface area (Å²) in [5.74, 6) is 0.407. The van der Waals surface area contributed by atoms with Gasteiger partial charge in [0.25, 0.3) is 5.91 Å². The monoisotopic (exact) mass is 430 g/mol. The predicted octanol–water partition coefficient (Wildman–Crippen LogP) is 2.94. The Balaban J connectivity index is 1.41. The third kappa shape index (κ3) is 4.44. The van der Waals surface area contributed by atoms with Crippen molar-refractivity contribution in [2.45, 2.75) is 44.3 Å². The summed E-state index contributed by atoms with van der Waals surface area (Å²) in [6.45, 7) is 0.399. The Morgan fingerprint density at radius 2 is 1.87 bits per heavy atom. The van der Waals surface area contributed by atoms with Gasteiger partial charge < -0.3 is 15.2 Å². The van der Waals surface area contributed by atoms with Crippen molar-refractivity contribution in [3.05, 3.63) is 53.6 Å². The zero-order valence-corrected chi connectivity index (χ0v) is 17.7. The molecule has 7 nitrogen and oxygen atoms in total. The lowest BCUT2D eigenvalue weighted by molar-refractivity contribution is 0.00688. The second-order valence-electron chi connectivity index (χ2n) is 7.92. The number of hydrogen-bond acceptors (Lipinski definition) is 5. The lowest BCUT2D eigenvalue weighted by Gasteiger charge is -2.28. The SMILES string of the molecule is CS(=O)(=O)N1CCc2cc(C(=O)Nc3ccc(O[C@@H]4CCCC[C@H]4O)cc3)ccc21. The Morgan fingerprint density at radius 3 is 2.57 bits per heavy atom. The van der Waals surface area contributed by atoms with Crippen LogP contribution >= 0.6 is 0 Å². The first-order valence-corrected chi connectivity index (χ1v) is 12.0. The average Bonchev–Trinajstić information content (AvgIpc) is 3.15. The maximum atomic E-state index is 12.6. The van der Waals surface area contributed by atoms with Crippen LogP contribution in [0.5, 0.6) is 5.75 Å². The third-order valence-electron chi connectivity index (χ3n) is 5.66. The Bertz CT molecular complexity index is 1040. The van der Waals surface area contributed by atoms with Crippen molar-refractivity contribution >= 4 is 27.3 Å². The Labute approximate surface area is 176 Å². The molecule has 0 spiro atoms. The molecule has 0 bridgehead atoms. The van der Waals surface area contributed by atoms with E-state index in [1.807, 2.05) is 0 Å². The maximum absolute atomic E-state index is 12.6. The molecule has 2 aromatic rings. The van der Waals surface area contributed by atoms with E-state index in [1.54, 1.807) is 42.5 Å². The molecule has 0 radical (unpaired) electrons. The highest BCUT2D eigenvalue weighted by molar-refractivity contribution is 7.92. The van der Waals surface area contributed by atoms with Crippen LogP contribution in [0.3, 0.4) is 0 Å². The van der Waals surface area contributed by atoms with Crippen LogP contribution in [0.2, 0.25) is 0 Å². The molecule has 1 aliphatic heterocycles. The van der Waals surface area contributed by atoms with Gasteiger partial charge in [-0.15, -0.1) is 0 Å². The molecule has 4 rings (SSSR count). The van der Waals surface area contributed by atoms with Crippen LogP contribution < -0.4 is 14.4 Å². The van der Waals surface area contributed by atoms with E-state index in [4.69, 9.17) is 4.74 Å². The Hall–Kier alpha value is -2.58. The van der Waals surface area contributed by atoms with Gasteiger partial charge in [-0.25, -0.2) is 8.42 Å². The fourth-order valence-electron chi connectivity index (χ4n) is 4.07. The molecule has 30 heavy (non-hydrogen) atoms. The number of nitrogens with one attached hydrogen (secondary N) is 1. The van der Waals surface area contributed by atoms with Gasteiger partial charge in [-0.3, -0.25) is 9.10 Å². The minimum Gasteiger partial charge on any atom is -0.488 e. The largest absolute Gasteiger partial charge is 0.488 e. The van der Waals surface area contributed by atoms with Crippen molar-refractivity contribution in [2.75, 3.05) is 22.4 Å². The van der Waals surface area contributed by atoms with Crippen LogP contribution in [0.1, 0.15) is 41.6 Å². The molecule has 2 atom stereocenters. The highest BCUT2D eigenvalue weighted by Crippen LogP contribution is 2.31. The number of benzene rings is 2. The van der Waals surface area contributed by atoms with Gasteiger partial charge in [0.05, 0.1) is 18.0 Å². The molecule has 1 heterocycles. The highest BCUT2D eigenvalue weighted by atomic mass is 32.2. The van der Waals surface area contributed by atoms with Gasteiger partial charge in [-0.2, -0.15) is 0 Å². The lowest BCUT2D eigenvalue weighted by Crippen LogP contribution is -2.34. The first-order chi connectivity index (χ1) is 14.3. The van der Waals surface area contributed by atoms with E-state index in [0.717, 1.165) is 31.2 Å². The molecule has 0 aromatic heterocycles. The van der Waals surface area contributed by atoms with Crippen LogP contribution in [-0.2, 0) is 16.4 Å². The van der Waals surface area contributed by atoms with Crippen LogP contribution in [0, 0.1) is 0 Å². The normalized spacial score (nSPS) is 21.2. The zero-order valence-electron chi connectivity index (χ0n) is 16.9. The Morgan fingerprint density at radius 1 is 1.13 bits per heavy atom. The molecule has 160 valence electrons. The Kier molecular flexibility index (Phi) is 5.71. The highest BCUT2D eigenvalue weighted by Gasteiger charge is 2.27. The third-order valence-corrected chi connectivity index (χ3v) is 6.84. The van der Waals surface area contributed by atoms with Crippen LogP contribution in [0.15, 0.2) is 42.5 Å². The first-order valence-electron chi connectivity index (χ1n) is 10.2. The van der Waals surface area contributed by atoms with Crippen LogP contribution in [0.4, 0.5) is 11.4 Å². The maximum Gasteiger partial charge on any atom is 0.255 e. The molecule has 8 heteroatoms. The number of carbonyl (C=O) groups is 1. The summed E-state index contributed by atoms with van der Waals surface area (Å²) in [5, 5.41) is 12.9. The quantitative estimate of drug-likeness (QED) is 0.760. The van der Waals surface area contributed by atoms with Crippen LogP contribution in [-0.4, -0.2) is 44.4 Å². The van der Waals surface area contributed by atoms with E-state index >= 15 is 0 Å². The zero-order chi connectivity index (χ0) is 21.3. The molecule has 2 aliphatic rings. The average molecular weight is 431 g/mol. The van der Waals surface area contributed by atoms with Gasteiger partial charge in [0.2, 0.25) is 10.0 Å². The van der Waals surface area contributed by atoms with Crippen molar-refractivity contribution < 1.29 is 23.1 Å². The van der Waals surface area contributed by atoms with Gasteiger partial charge in [0, 0.05) is 17.8 Å². The number of anilines is 2. The molecule has 1 fully saturated rings. The molecule has 2 N–H and O–H groups in total. The smallest absolute Gasteiger partial charge is 0.255 e. The summed E-state index contributed by atoms with van der Waals surface area (Å²) in [5.41, 5.74) is 2.60. The summed E-state index contributed by atoms with van der Waals surface area (Å²) in [4.78, 5) is 12.6. The summed E-state index contributed by atoms with van der Waals surface area (Å²) in [7, 11) is -3.31. The second kappa shape index (κ2) is 8.28. The van der Waals surface area contributed by atoms with Crippen LogP contribution in [0.25, 0.3) is 0 Å². The molecule has 2 aromatic carbocycles. The van der Waals surface area contributed by atoms with Crippen molar-refractivity contribution in [3.8, 4) is 5.75 Å². The van der Waals surface area contributed by atoms with E-state index in [0.29, 0.717) is 35.7 Å². The molecule has 0 unspecified atom stereocenters. The summed E-state index contributed by atoms with van der Waals surface area (Å²) >= 11 is 0. The molecule has 0 saturated heterocycles. The first kappa shape index (κ1) is 20.7. The molecular weight excluding hydrogens is 404 g/mol. The molecule has 1 amide bonds. The number of nitrogens with zero attached hydrogens (tertiary/aromatic N) is 1. The number of carbonyl (C=O) groups excluding carboxylic acids is 1. The minimum atomic E-state index is -3.31. The van der Waals surface area contributed by atoms with Crippen molar-refractivity contribution in [3.63, 3.8) is 0 Å². The van der Waals surface area contributed by atoms with Gasteiger partial charge >= 0.3 is 0 Å². The fraction of sp³-hybridized carbons (Fsp3) is 0.409. The number of fused-ring (bicyclic) bond motifs is 1. The minimum absolute atomic E-state index is 0.183. The summed E-state index contributed by atoms with van der Waals surface area (Å²) < 4.78 is 31.0. The second-order valence-corrected chi connectivity index (χ2v) is 9.82. The van der Waals surface area contributed by atoms with Gasteiger partial charge in [0.1, 0.15) is 11.9 Å². The van der Waals surface area contributed by atoms with Gasteiger partial charge in [0.15, 0.2) is 0 Å². The lowest BCUT2D eigenvalue weighted by atomic mass is 9.95. The molecular formula is C22H26N2O5S. The number of aliphatic hydroxyl groups excluding tert-OH is 1. The van der Waals surface area contributed by atoms with Crippen molar-refractivity contribution in [2.24, 2.45) is 0 Å². The van der Waals surface area contributed by atoms with E-state index in [1.165, 1.54) is 10.6 Å². The van der Waals surface area contributed by atoms with Gasteiger partial charge in [-0.05, 0) is 73.7 Å².